The molecule has 0 aliphatic carbocycles. The van der Waals surface area contributed by atoms with Gasteiger partial charge in [0.1, 0.15) is 17.0 Å². The molecule has 37 heavy (non-hydrogen) atoms. The van der Waals surface area contributed by atoms with E-state index in [9.17, 15) is 9.59 Å². The lowest BCUT2D eigenvalue weighted by molar-refractivity contribution is -0.122. The molecule has 1 N–H and O–H groups in total. The van der Waals surface area contributed by atoms with Crippen LogP contribution < -0.4 is 20.3 Å². The van der Waals surface area contributed by atoms with Crippen molar-refractivity contribution in [3.05, 3.63) is 57.0 Å². The molecule has 2 aromatic heterocycles. The molecule has 0 aliphatic rings. The molecule has 0 fully saturated rings. The van der Waals surface area contributed by atoms with Gasteiger partial charge < -0.3 is 28.7 Å². The van der Waals surface area contributed by atoms with Gasteiger partial charge >= 0.3 is 0 Å². The molecule has 3 aromatic rings. The highest BCUT2D eigenvalue weighted by Gasteiger charge is 2.19. The summed E-state index contributed by atoms with van der Waals surface area (Å²) in [6.45, 7) is 1.84. The molecule has 0 radical (unpaired) electrons. The van der Waals surface area contributed by atoms with Gasteiger partial charge in [0.2, 0.25) is 5.91 Å². The van der Waals surface area contributed by atoms with Crippen LogP contribution in [-0.4, -0.2) is 74.1 Å². The average Bonchev–Trinajstić information content (AvgIpc) is 3.27. The second-order valence-electron chi connectivity index (χ2n) is 8.60. The van der Waals surface area contributed by atoms with Gasteiger partial charge in [-0.2, -0.15) is 0 Å². The molecule has 1 amide bonds. The summed E-state index contributed by atoms with van der Waals surface area (Å²) in [6, 6.07) is 5.77. The maximum absolute atomic E-state index is 12.7. The molecule has 0 bridgehead atoms. The van der Waals surface area contributed by atoms with Gasteiger partial charge in [0, 0.05) is 62.0 Å². The van der Waals surface area contributed by atoms with Crippen LogP contribution in [0, 0.1) is 0 Å². The van der Waals surface area contributed by atoms with Crippen molar-refractivity contribution in [3.8, 4) is 22.6 Å². The zero-order valence-electron chi connectivity index (χ0n) is 21.9. The van der Waals surface area contributed by atoms with Crippen molar-refractivity contribution in [3.63, 3.8) is 0 Å². The number of aromatic nitrogens is 2. The Labute approximate surface area is 215 Å². The number of aryl methyl sites for hydroxylation is 2. The van der Waals surface area contributed by atoms with Crippen LogP contribution >= 0.6 is 0 Å². The fourth-order valence-electron chi connectivity index (χ4n) is 4.17. The Kier molecular flexibility index (Phi) is 9.56. The van der Waals surface area contributed by atoms with E-state index in [2.05, 4.69) is 15.3 Å². The third kappa shape index (κ3) is 6.62. The number of benzene rings is 1. The first-order valence-electron chi connectivity index (χ1n) is 11.7. The highest BCUT2D eigenvalue weighted by molar-refractivity contribution is 5.95. The van der Waals surface area contributed by atoms with Crippen LogP contribution in [0.5, 0.6) is 11.5 Å². The molecule has 2 heterocycles. The lowest BCUT2D eigenvalue weighted by Gasteiger charge is -2.21. The number of nitrogens with one attached hydrogen (secondary N) is 1. The van der Waals surface area contributed by atoms with E-state index in [1.54, 1.807) is 25.8 Å². The Morgan fingerprint density at radius 2 is 1.86 bits per heavy atom. The standard InChI is InChI=1S/C25H33N7O5/c1-30(16-23(33)27-7-10-37-11-8-28-29-26)14-20-21(35-4)12-17(13-22(20)36-5)19-15-32(3)25(34)24-18(19)6-9-31(24)2/h6,9,12-13,15H,7-8,10-11,14,16H2,1-5H3,(H,27,33). The predicted octanol–water partition coefficient (Wildman–Crippen LogP) is 2.44. The number of methoxy groups -OCH3 is 2. The predicted molar refractivity (Wildman–Crippen MR) is 141 cm³/mol. The number of nitrogens with zero attached hydrogens (tertiary/aromatic N) is 6. The average molecular weight is 512 g/mol. The Morgan fingerprint density at radius 1 is 1.16 bits per heavy atom. The molecule has 0 saturated carbocycles. The van der Waals surface area contributed by atoms with E-state index in [4.69, 9.17) is 19.7 Å². The van der Waals surface area contributed by atoms with E-state index in [1.807, 2.05) is 54.2 Å². The van der Waals surface area contributed by atoms with E-state index < -0.39 is 0 Å². The van der Waals surface area contributed by atoms with Crippen molar-refractivity contribution in [1.82, 2.24) is 19.4 Å². The first kappa shape index (κ1) is 27.6. The third-order valence-corrected chi connectivity index (χ3v) is 5.94. The number of carbonyl (C=O) groups excluding carboxylic acids is 1. The highest BCUT2D eigenvalue weighted by Crippen LogP contribution is 2.37. The number of azide groups is 1. The Morgan fingerprint density at radius 3 is 2.51 bits per heavy atom. The van der Waals surface area contributed by atoms with Gasteiger partial charge in [0.25, 0.3) is 5.56 Å². The van der Waals surface area contributed by atoms with Crippen LogP contribution in [0.4, 0.5) is 0 Å². The maximum Gasteiger partial charge on any atom is 0.274 e. The summed E-state index contributed by atoms with van der Waals surface area (Å²) >= 11 is 0. The van der Waals surface area contributed by atoms with Gasteiger partial charge in [-0.3, -0.25) is 14.5 Å². The molecule has 12 heteroatoms. The molecule has 1 aromatic carbocycles. The van der Waals surface area contributed by atoms with Gasteiger partial charge in [-0.05, 0) is 36.3 Å². The minimum absolute atomic E-state index is 0.0681. The molecule has 0 spiro atoms. The fourth-order valence-corrected chi connectivity index (χ4v) is 4.17. The maximum atomic E-state index is 12.7. The van der Waals surface area contributed by atoms with Crippen LogP contribution in [0.3, 0.4) is 0 Å². The number of hydrogen-bond donors (Lipinski definition) is 1. The van der Waals surface area contributed by atoms with E-state index in [0.717, 1.165) is 22.1 Å². The smallest absolute Gasteiger partial charge is 0.274 e. The summed E-state index contributed by atoms with van der Waals surface area (Å²) in [4.78, 5) is 29.5. The molecule has 12 nitrogen and oxygen atoms in total. The number of likely N-dealkylation sites (N-methyl/N-ethyl adjacent to an activating group) is 1. The number of pyridine rings is 1. The minimum Gasteiger partial charge on any atom is -0.496 e. The second-order valence-corrected chi connectivity index (χ2v) is 8.60. The Hall–Kier alpha value is -3.99. The first-order chi connectivity index (χ1) is 17.8. The molecule has 0 unspecified atom stereocenters. The summed E-state index contributed by atoms with van der Waals surface area (Å²) in [7, 11) is 8.60. The number of ether oxygens (including phenoxy) is 3. The van der Waals surface area contributed by atoms with Gasteiger partial charge in [-0.1, -0.05) is 5.11 Å². The molecule has 0 aliphatic heterocycles. The van der Waals surface area contributed by atoms with Crippen LogP contribution in [0.25, 0.3) is 32.5 Å². The van der Waals surface area contributed by atoms with E-state index in [1.165, 1.54) is 0 Å². The quantitative estimate of drug-likeness (QED) is 0.162. The topological polar surface area (TPSA) is 136 Å². The van der Waals surface area contributed by atoms with Crippen LogP contribution in [0.1, 0.15) is 5.56 Å². The summed E-state index contributed by atoms with van der Waals surface area (Å²) in [5, 5.41) is 7.03. The second kappa shape index (κ2) is 12.8. The van der Waals surface area contributed by atoms with Gasteiger partial charge in [0.05, 0.1) is 39.5 Å². The fraction of sp³-hybridized carbons (Fsp3) is 0.440. The van der Waals surface area contributed by atoms with Gasteiger partial charge in [-0.15, -0.1) is 0 Å². The Bertz CT molecular complexity index is 1330. The number of fused-ring (bicyclic) bond motifs is 1. The molecule has 3 rings (SSSR count). The van der Waals surface area contributed by atoms with Crippen LogP contribution in [-0.2, 0) is 30.2 Å². The summed E-state index contributed by atoms with van der Waals surface area (Å²) < 4.78 is 20.1. The number of rotatable bonds is 13. The van der Waals surface area contributed by atoms with Crippen molar-refractivity contribution in [2.75, 3.05) is 54.1 Å². The largest absolute Gasteiger partial charge is 0.496 e. The summed E-state index contributed by atoms with van der Waals surface area (Å²) in [5.74, 6) is 1.09. The summed E-state index contributed by atoms with van der Waals surface area (Å²) in [6.07, 6.45) is 3.68. The monoisotopic (exact) mass is 511 g/mol. The van der Waals surface area contributed by atoms with Crippen molar-refractivity contribution >= 4 is 16.8 Å². The SMILES string of the molecule is COc1cc(-c2cn(C)c(=O)c3c2ccn3C)cc(OC)c1CN(C)CC(=O)NCCOCCN=[N+]=[N-]. The van der Waals surface area contributed by atoms with E-state index in [-0.39, 0.29) is 24.6 Å². The van der Waals surface area contributed by atoms with Crippen molar-refractivity contribution in [1.29, 1.82) is 0 Å². The molecule has 0 saturated heterocycles. The highest BCUT2D eigenvalue weighted by atomic mass is 16.5. The first-order valence-corrected chi connectivity index (χ1v) is 11.7. The normalized spacial score (nSPS) is 11.0. The number of hydrogen-bond acceptors (Lipinski definition) is 7. The van der Waals surface area contributed by atoms with Gasteiger partial charge in [0.15, 0.2) is 0 Å². The van der Waals surface area contributed by atoms with E-state index >= 15 is 0 Å². The Balaban J connectivity index is 1.75. The summed E-state index contributed by atoms with van der Waals surface area (Å²) in [5.41, 5.74) is 11.3. The number of carbonyl (C=O) groups is 1. The lowest BCUT2D eigenvalue weighted by atomic mass is 10.00. The molecule has 198 valence electrons. The molecular weight excluding hydrogens is 478 g/mol. The van der Waals surface area contributed by atoms with E-state index in [0.29, 0.717) is 43.3 Å². The zero-order valence-corrected chi connectivity index (χ0v) is 21.9. The van der Waals surface area contributed by atoms with Crippen LogP contribution in [0.2, 0.25) is 0 Å². The number of amides is 1. The van der Waals surface area contributed by atoms with Crippen molar-refractivity contribution < 1.29 is 19.0 Å². The van der Waals surface area contributed by atoms with Crippen molar-refractivity contribution in [2.45, 2.75) is 6.54 Å². The third-order valence-electron chi connectivity index (χ3n) is 5.94. The van der Waals surface area contributed by atoms with Gasteiger partial charge in [-0.25, -0.2) is 0 Å². The zero-order chi connectivity index (χ0) is 26.9. The molecule has 0 atom stereocenters. The molecular formula is C25H33N7O5. The lowest BCUT2D eigenvalue weighted by Crippen LogP contribution is -2.36. The minimum atomic E-state index is -0.146. The van der Waals surface area contributed by atoms with Crippen LogP contribution in [0.15, 0.2) is 40.5 Å². The van der Waals surface area contributed by atoms with Crippen molar-refractivity contribution in [2.24, 2.45) is 19.2 Å².